The fourth-order valence-electron chi connectivity index (χ4n) is 5.42. The zero-order chi connectivity index (χ0) is 21.3. The number of aromatic nitrogens is 2. The molecule has 0 spiro atoms. The molecular weight excluding hydrogens is 392 g/mol. The average molecular weight is 423 g/mol. The zero-order valence-corrected chi connectivity index (χ0v) is 18.5. The Bertz CT molecular complexity index is 1140. The van der Waals surface area contributed by atoms with Crippen LogP contribution in [-0.4, -0.2) is 28.3 Å². The smallest absolute Gasteiger partial charge is 0.109 e. The number of benzene rings is 2. The molecule has 4 heteroatoms. The minimum Gasteiger partial charge on any atom is -0.342 e. The van der Waals surface area contributed by atoms with Crippen LogP contribution in [0.15, 0.2) is 65.9 Å². The molecule has 3 aromatic rings. The van der Waals surface area contributed by atoms with E-state index in [1.807, 2.05) is 6.20 Å². The Morgan fingerprint density at radius 2 is 1.44 bits per heavy atom. The van der Waals surface area contributed by atoms with Gasteiger partial charge in [0.1, 0.15) is 5.82 Å². The lowest BCUT2D eigenvalue weighted by atomic mass is 9.96. The van der Waals surface area contributed by atoms with Gasteiger partial charge in [0.05, 0.1) is 11.9 Å². The fourth-order valence-corrected chi connectivity index (χ4v) is 5.42. The number of allylic oxidation sites excluding steroid dienone is 1. The molecule has 2 N–H and O–H groups in total. The molecule has 1 aromatic heterocycles. The summed E-state index contributed by atoms with van der Waals surface area (Å²) in [5.74, 6) is 1.78. The van der Waals surface area contributed by atoms with Crippen LogP contribution in [0.2, 0.25) is 0 Å². The molecule has 1 unspecified atom stereocenters. The number of H-pyrrole nitrogens is 1. The van der Waals surface area contributed by atoms with E-state index in [9.17, 15) is 0 Å². The van der Waals surface area contributed by atoms with Gasteiger partial charge < -0.3 is 10.3 Å². The molecule has 3 aliphatic rings. The molecule has 0 amide bonds. The molecule has 2 aliphatic heterocycles. The van der Waals surface area contributed by atoms with E-state index in [2.05, 4.69) is 70.0 Å². The molecule has 1 aliphatic carbocycles. The van der Waals surface area contributed by atoms with Crippen molar-refractivity contribution in [2.75, 3.05) is 6.54 Å². The van der Waals surface area contributed by atoms with Gasteiger partial charge in [-0.05, 0) is 60.1 Å². The van der Waals surface area contributed by atoms with Gasteiger partial charge in [-0.3, -0.25) is 4.99 Å². The number of nitrogens with one attached hydrogen (secondary N) is 2. The lowest BCUT2D eigenvalue weighted by Gasteiger charge is -2.11. The maximum absolute atomic E-state index is 4.71. The number of hydrogen-bond donors (Lipinski definition) is 2. The Labute approximate surface area is 189 Å². The highest BCUT2D eigenvalue weighted by Crippen LogP contribution is 2.34. The van der Waals surface area contributed by atoms with Crippen LogP contribution in [0.1, 0.15) is 62.3 Å². The molecule has 0 bridgehead atoms. The Kier molecular flexibility index (Phi) is 5.24. The Morgan fingerprint density at radius 1 is 0.750 bits per heavy atom. The second kappa shape index (κ2) is 8.51. The average Bonchev–Trinajstić information content (AvgIpc) is 3.66. The quantitative estimate of drug-likeness (QED) is 0.504. The number of hydrogen-bond acceptors (Lipinski definition) is 3. The van der Waals surface area contributed by atoms with E-state index in [0.717, 1.165) is 24.5 Å². The first-order valence-corrected chi connectivity index (χ1v) is 12.1. The van der Waals surface area contributed by atoms with Crippen molar-refractivity contribution in [3.05, 3.63) is 72.3 Å². The molecule has 2 aromatic carbocycles. The third-order valence-electron chi connectivity index (χ3n) is 7.34. The maximum Gasteiger partial charge on any atom is 0.109 e. The van der Waals surface area contributed by atoms with Gasteiger partial charge in [0.15, 0.2) is 0 Å². The van der Waals surface area contributed by atoms with E-state index in [1.54, 1.807) is 0 Å². The first-order valence-electron chi connectivity index (χ1n) is 12.1. The highest BCUT2D eigenvalue weighted by atomic mass is 15.0. The van der Waals surface area contributed by atoms with E-state index >= 15 is 0 Å². The van der Waals surface area contributed by atoms with Crippen molar-refractivity contribution in [1.82, 2.24) is 15.3 Å². The lowest BCUT2D eigenvalue weighted by molar-refractivity contribution is 0.679. The largest absolute Gasteiger partial charge is 0.342 e. The van der Waals surface area contributed by atoms with Crippen molar-refractivity contribution in [2.45, 2.75) is 56.9 Å². The van der Waals surface area contributed by atoms with Crippen LogP contribution in [0.3, 0.4) is 0 Å². The number of imidazole rings is 1. The summed E-state index contributed by atoms with van der Waals surface area (Å²) < 4.78 is 0. The van der Waals surface area contributed by atoms with Gasteiger partial charge in [0.2, 0.25) is 0 Å². The van der Waals surface area contributed by atoms with Crippen molar-refractivity contribution in [3.63, 3.8) is 0 Å². The third kappa shape index (κ3) is 3.84. The van der Waals surface area contributed by atoms with Gasteiger partial charge in [-0.25, -0.2) is 4.98 Å². The molecule has 2 fully saturated rings. The number of nitrogens with zero attached hydrogens (tertiary/aromatic N) is 2. The van der Waals surface area contributed by atoms with Gasteiger partial charge >= 0.3 is 0 Å². The second-order valence-electron chi connectivity index (χ2n) is 9.42. The maximum atomic E-state index is 4.71. The highest BCUT2D eigenvalue weighted by molar-refractivity contribution is 6.01. The summed E-state index contributed by atoms with van der Waals surface area (Å²) in [4.78, 5) is 12.9. The van der Waals surface area contributed by atoms with Gasteiger partial charge in [-0.1, -0.05) is 61.4 Å². The van der Waals surface area contributed by atoms with E-state index in [-0.39, 0.29) is 0 Å². The molecule has 1 saturated carbocycles. The lowest BCUT2D eigenvalue weighted by Crippen LogP contribution is -2.29. The minimum atomic E-state index is 0.477. The minimum absolute atomic E-state index is 0.477. The summed E-state index contributed by atoms with van der Waals surface area (Å²) in [5.41, 5.74) is 8.70. The summed E-state index contributed by atoms with van der Waals surface area (Å²) in [6, 6.07) is 18.2. The van der Waals surface area contributed by atoms with Crippen LogP contribution in [-0.2, 0) is 0 Å². The van der Waals surface area contributed by atoms with E-state index in [0.29, 0.717) is 12.0 Å². The topological polar surface area (TPSA) is 53.1 Å². The molecule has 0 radical (unpaired) electrons. The summed E-state index contributed by atoms with van der Waals surface area (Å²) in [6.45, 7) is 1.12. The molecule has 1 saturated heterocycles. The molecular formula is C28H30N4. The van der Waals surface area contributed by atoms with E-state index < -0.39 is 0 Å². The normalized spacial score (nSPS) is 21.2. The van der Waals surface area contributed by atoms with Gasteiger partial charge in [-0.2, -0.15) is 0 Å². The van der Waals surface area contributed by atoms with E-state index in [1.165, 1.54) is 72.1 Å². The number of rotatable bonds is 5. The van der Waals surface area contributed by atoms with Crippen LogP contribution in [0.5, 0.6) is 0 Å². The monoisotopic (exact) mass is 422 g/mol. The zero-order valence-electron chi connectivity index (χ0n) is 18.5. The van der Waals surface area contributed by atoms with Crippen LogP contribution in [0.4, 0.5) is 0 Å². The molecule has 32 heavy (non-hydrogen) atoms. The Morgan fingerprint density at radius 3 is 2.12 bits per heavy atom. The Balaban J connectivity index is 1.13. The fraction of sp³-hybridized carbons (Fsp3) is 0.357. The van der Waals surface area contributed by atoms with Gasteiger partial charge in [0, 0.05) is 30.3 Å². The first-order chi connectivity index (χ1) is 15.8. The first kappa shape index (κ1) is 19.7. The Hall–Kier alpha value is -2.98. The standard InChI is InChI=1S/C28H30N4/c1-2-5-23(4-1)28-31-18-27(32-28)22-13-11-20(12-14-22)19-7-9-21(10-8-19)24-16-26(30-17-24)25-6-3-15-29-25/h7-14,17-18,23,25,29H,1-6,15-16H2,(H,31,32). The van der Waals surface area contributed by atoms with Crippen LogP contribution >= 0.6 is 0 Å². The van der Waals surface area contributed by atoms with Crippen molar-refractivity contribution in [3.8, 4) is 22.4 Å². The summed E-state index contributed by atoms with van der Waals surface area (Å²) in [6.07, 6.45) is 12.7. The SMILES string of the molecule is C1=C(c2ccc(-c3ccc(-c4cnc(C5CCCC5)[nH]4)cc3)cc2)CC(C2CCCN2)=N1. The predicted octanol–water partition coefficient (Wildman–Crippen LogP) is 6.34. The molecule has 6 rings (SSSR count). The molecule has 162 valence electrons. The van der Waals surface area contributed by atoms with Crippen LogP contribution in [0, 0.1) is 0 Å². The van der Waals surface area contributed by atoms with Crippen molar-refractivity contribution < 1.29 is 0 Å². The number of aromatic amines is 1. The predicted molar refractivity (Wildman–Crippen MR) is 132 cm³/mol. The van der Waals surface area contributed by atoms with Crippen LogP contribution < -0.4 is 5.32 Å². The van der Waals surface area contributed by atoms with Crippen molar-refractivity contribution in [1.29, 1.82) is 0 Å². The highest BCUT2D eigenvalue weighted by Gasteiger charge is 2.23. The van der Waals surface area contributed by atoms with Crippen LogP contribution in [0.25, 0.3) is 28.0 Å². The van der Waals surface area contributed by atoms with Gasteiger partial charge in [-0.15, -0.1) is 0 Å². The molecule has 1 atom stereocenters. The summed E-state index contributed by atoms with van der Waals surface area (Å²) in [5, 5.41) is 3.56. The van der Waals surface area contributed by atoms with Crippen molar-refractivity contribution >= 4 is 11.3 Å². The number of aliphatic imine (C=N–C) groups is 1. The van der Waals surface area contributed by atoms with E-state index in [4.69, 9.17) is 4.99 Å². The molecule has 4 nitrogen and oxygen atoms in total. The third-order valence-corrected chi connectivity index (χ3v) is 7.34. The second-order valence-corrected chi connectivity index (χ2v) is 9.42. The summed E-state index contributed by atoms with van der Waals surface area (Å²) in [7, 11) is 0. The van der Waals surface area contributed by atoms with Gasteiger partial charge in [0.25, 0.3) is 0 Å². The summed E-state index contributed by atoms with van der Waals surface area (Å²) >= 11 is 0. The van der Waals surface area contributed by atoms with Crippen molar-refractivity contribution in [2.24, 2.45) is 4.99 Å². The molecule has 3 heterocycles.